The Morgan fingerprint density at radius 1 is 1.47 bits per heavy atom. The van der Waals surface area contributed by atoms with Crippen molar-refractivity contribution in [3.63, 3.8) is 0 Å². The van der Waals surface area contributed by atoms with Gasteiger partial charge in [-0.25, -0.2) is 4.79 Å². The summed E-state index contributed by atoms with van der Waals surface area (Å²) < 4.78 is 9.96. The molecule has 1 N–H and O–H groups in total. The van der Waals surface area contributed by atoms with E-state index in [1.54, 1.807) is 24.3 Å². The van der Waals surface area contributed by atoms with Crippen LogP contribution in [-0.4, -0.2) is 24.3 Å². The molecule has 1 aromatic rings. The lowest BCUT2D eigenvalue weighted by atomic mass is 10.0. The zero-order valence-electron chi connectivity index (χ0n) is 9.09. The number of carbonyl (C=O) groups excluding carboxylic acids is 1. The standard InChI is InChI=1S/C12H11ClO4/c1-16-9-6-10(14)17-12(9)11(15)7-4-2-3-5-8(7)13/h2-6,11-12,15H,1H3/t11-,12+/m1/s1. The number of ether oxygens (including phenoxy) is 2. The van der Waals surface area contributed by atoms with Crippen LogP contribution in [-0.2, 0) is 14.3 Å². The smallest absolute Gasteiger partial charge is 0.335 e. The first-order chi connectivity index (χ1) is 8.13. The molecule has 0 aromatic heterocycles. The van der Waals surface area contributed by atoms with Gasteiger partial charge in [0.25, 0.3) is 0 Å². The van der Waals surface area contributed by atoms with Crippen LogP contribution < -0.4 is 0 Å². The molecule has 5 heteroatoms. The van der Waals surface area contributed by atoms with Crippen molar-refractivity contribution in [2.45, 2.75) is 12.2 Å². The molecule has 0 fully saturated rings. The van der Waals surface area contributed by atoms with Crippen LogP contribution in [0.5, 0.6) is 0 Å². The highest BCUT2D eigenvalue weighted by atomic mass is 35.5. The lowest BCUT2D eigenvalue weighted by Crippen LogP contribution is -2.22. The molecule has 1 aliphatic heterocycles. The van der Waals surface area contributed by atoms with Crippen molar-refractivity contribution >= 4 is 17.6 Å². The molecule has 2 atom stereocenters. The largest absolute Gasteiger partial charge is 0.497 e. The summed E-state index contributed by atoms with van der Waals surface area (Å²) in [5.41, 5.74) is 0.497. The first-order valence-corrected chi connectivity index (χ1v) is 5.40. The quantitative estimate of drug-likeness (QED) is 0.836. The maximum Gasteiger partial charge on any atom is 0.335 e. The summed E-state index contributed by atoms with van der Waals surface area (Å²) >= 11 is 5.96. The van der Waals surface area contributed by atoms with E-state index in [2.05, 4.69) is 0 Å². The molecule has 1 heterocycles. The molecule has 0 aliphatic carbocycles. The molecular weight excluding hydrogens is 244 g/mol. The minimum Gasteiger partial charge on any atom is -0.497 e. The Kier molecular flexibility index (Phi) is 3.36. The number of esters is 1. The van der Waals surface area contributed by atoms with Crippen molar-refractivity contribution in [3.05, 3.63) is 46.7 Å². The van der Waals surface area contributed by atoms with E-state index in [0.717, 1.165) is 0 Å². The first kappa shape index (κ1) is 12.0. The van der Waals surface area contributed by atoms with Crippen LogP contribution in [0.2, 0.25) is 5.02 Å². The Morgan fingerprint density at radius 3 is 2.82 bits per heavy atom. The van der Waals surface area contributed by atoms with E-state index in [0.29, 0.717) is 16.3 Å². The minimum absolute atomic E-state index is 0.294. The summed E-state index contributed by atoms with van der Waals surface area (Å²) in [5.74, 6) is -0.236. The molecule has 2 rings (SSSR count). The Bertz CT molecular complexity index is 469. The van der Waals surface area contributed by atoms with E-state index in [1.165, 1.54) is 13.2 Å². The number of cyclic esters (lactones) is 1. The monoisotopic (exact) mass is 254 g/mol. The van der Waals surface area contributed by atoms with E-state index in [1.807, 2.05) is 0 Å². The molecule has 90 valence electrons. The normalized spacial score (nSPS) is 20.8. The Labute approximate surface area is 103 Å². The topological polar surface area (TPSA) is 55.8 Å². The van der Waals surface area contributed by atoms with Crippen molar-refractivity contribution in [1.82, 2.24) is 0 Å². The minimum atomic E-state index is -1.04. The molecule has 1 aliphatic rings. The van der Waals surface area contributed by atoms with Crippen LogP contribution in [0.25, 0.3) is 0 Å². The van der Waals surface area contributed by atoms with Gasteiger partial charge in [0.2, 0.25) is 0 Å². The molecule has 0 bridgehead atoms. The van der Waals surface area contributed by atoms with Crippen molar-refractivity contribution in [3.8, 4) is 0 Å². The van der Waals surface area contributed by atoms with Crippen LogP contribution in [0.1, 0.15) is 11.7 Å². The third kappa shape index (κ3) is 2.28. The van der Waals surface area contributed by atoms with Gasteiger partial charge in [0.15, 0.2) is 6.10 Å². The van der Waals surface area contributed by atoms with Crippen LogP contribution in [0.3, 0.4) is 0 Å². The zero-order valence-corrected chi connectivity index (χ0v) is 9.85. The van der Waals surface area contributed by atoms with Crippen molar-refractivity contribution < 1.29 is 19.4 Å². The highest BCUT2D eigenvalue weighted by Gasteiger charge is 2.35. The van der Waals surface area contributed by atoms with E-state index in [9.17, 15) is 9.90 Å². The number of hydrogen-bond acceptors (Lipinski definition) is 4. The lowest BCUT2D eigenvalue weighted by Gasteiger charge is -2.20. The van der Waals surface area contributed by atoms with Crippen molar-refractivity contribution in [2.24, 2.45) is 0 Å². The average molecular weight is 255 g/mol. The lowest BCUT2D eigenvalue weighted by molar-refractivity contribution is -0.144. The van der Waals surface area contributed by atoms with Gasteiger partial charge in [-0.15, -0.1) is 0 Å². The number of rotatable bonds is 3. The summed E-state index contributed by atoms with van der Waals surface area (Å²) in [7, 11) is 1.42. The summed E-state index contributed by atoms with van der Waals surface area (Å²) in [5, 5.41) is 10.6. The third-order valence-corrected chi connectivity index (χ3v) is 2.87. The molecule has 1 aromatic carbocycles. The Morgan fingerprint density at radius 2 is 2.18 bits per heavy atom. The SMILES string of the molecule is COC1=CC(=O)O[C@@H]1[C@H](O)c1ccccc1Cl. The van der Waals surface area contributed by atoms with Gasteiger partial charge in [-0.3, -0.25) is 0 Å². The summed E-state index contributed by atoms with van der Waals surface area (Å²) in [6.07, 6.45) is -0.668. The maximum absolute atomic E-state index is 11.1. The number of halogens is 1. The fourth-order valence-electron chi connectivity index (χ4n) is 1.69. The number of benzene rings is 1. The van der Waals surface area contributed by atoms with Gasteiger partial charge in [-0.1, -0.05) is 29.8 Å². The van der Waals surface area contributed by atoms with Crippen molar-refractivity contribution in [1.29, 1.82) is 0 Å². The summed E-state index contributed by atoms with van der Waals surface area (Å²) in [6, 6.07) is 6.84. The maximum atomic E-state index is 11.1. The number of hydrogen-bond donors (Lipinski definition) is 1. The molecule has 4 nitrogen and oxygen atoms in total. The fraction of sp³-hybridized carbons (Fsp3) is 0.250. The van der Waals surface area contributed by atoms with Crippen LogP contribution >= 0.6 is 11.6 Å². The second-order valence-electron chi connectivity index (χ2n) is 3.57. The molecule has 0 amide bonds. The zero-order chi connectivity index (χ0) is 12.4. The first-order valence-electron chi connectivity index (χ1n) is 5.02. The third-order valence-electron chi connectivity index (χ3n) is 2.53. The number of aliphatic hydroxyl groups is 1. The second kappa shape index (κ2) is 4.77. The predicted octanol–water partition coefficient (Wildman–Crippen LogP) is 1.83. The van der Waals surface area contributed by atoms with Gasteiger partial charge >= 0.3 is 5.97 Å². The predicted molar refractivity (Wildman–Crippen MR) is 61.4 cm³/mol. The molecule has 0 spiro atoms. The Hall–Kier alpha value is -1.52. The number of methoxy groups -OCH3 is 1. The van der Waals surface area contributed by atoms with Gasteiger partial charge in [-0.05, 0) is 6.07 Å². The number of aliphatic hydroxyl groups excluding tert-OH is 1. The van der Waals surface area contributed by atoms with Gasteiger partial charge in [0, 0.05) is 10.6 Å². The molecule has 17 heavy (non-hydrogen) atoms. The van der Waals surface area contributed by atoms with Crippen molar-refractivity contribution in [2.75, 3.05) is 7.11 Å². The summed E-state index contributed by atoms with van der Waals surface area (Å²) in [4.78, 5) is 11.1. The molecule has 0 unspecified atom stereocenters. The van der Waals surface area contributed by atoms with E-state index >= 15 is 0 Å². The fourth-order valence-corrected chi connectivity index (χ4v) is 1.94. The van der Waals surface area contributed by atoms with Gasteiger partial charge in [-0.2, -0.15) is 0 Å². The average Bonchev–Trinajstić information content (AvgIpc) is 2.70. The van der Waals surface area contributed by atoms with Gasteiger partial charge in [0.05, 0.1) is 13.2 Å². The van der Waals surface area contributed by atoms with Crippen LogP contribution in [0.4, 0.5) is 0 Å². The van der Waals surface area contributed by atoms with Gasteiger partial charge in [0.1, 0.15) is 11.9 Å². The number of carbonyl (C=O) groups is 1. The van der Waals surface area contributed by atoms with Crippen LogP contribution in [0.15, 0.2) is 36.1 Å². The van der Waals surface area contributed by atoms with E-state index in [4.69, 9.17) is 21.1 Å². The molecule has 0 saturated heterocycles. The highest BCUT2D eigenvalue weighted by Crippen LogP contribution is 2.32. The molecule has 0 saturated carbocycles. The second-order valence-corrected chi connectivity index (χ2v) is 3.98. The highest BCUT2D eigenvalue weighted by molar-refractivity contribution is 6.31. The summed E-state index contributed by atoms with van der Waals surface area (Å²) in [6.45, 7) is 0. The molecular formula is C12H11ClO4. The Balaban J connectivity index is 2.27. The van der Waals surface area contributed by atoms with E-state index < -0.39 is 18.2 Å². The van der Waals surface area contributed by atoms with Crippen LogP contribution in [0, 0.1) is 0 Å². The molecule has 0 radical (unpaired) electrons. The van der Waals surface area contributed by atoms with E-state index in [-0.39, 0.29) is 0 Å². The van der Waals surface area contributed by atoms with Gasteiger partial charge < -0.3 is 14.6 Å².